The van der Waals surface area contributed by atoms with Gasteiger partial charge in [0.25, 0.3) is 0 Å². The molecule has 0 bridgehead atoms. The molecule has 0 aromatic heterocycles. The minimum atomic E-state index is -3.73. The highest BCUT2D eigenvalue weighted by Gasteiger charge is 2.27. The predicted octanol–water partition coefficient (Wildman–Crippen LogP) is 2.62. The van der Waals surface area contributed by atoms with Gasteiger partial charge in [0.1, 0.15) is 5.75 Å². The molecule has 1 amide bonds. The fourth-order valence-corrected chi connectivity index (χ4v) is 4.35. The van der Waals surface area contributed by atoms with Crippen LogP contribution in [0.2, 0.25) is 0 Å². The summed E-state index contributed by atoms with van der Waals surface area (Å²) in [7, 11) is -2.27. The molecular weight excluding hydrogens is 340 g/mol. The van der Waals surface area contributed by atoms with Crippen LogP contribution in [-0.2, 0) is 21.2 Å². The van der Waals surface area contributed by atoms with Gasteiger partial charge in [0.05, 0.1) is 17.7 Å². The fraction of sp³-hybridized carbons (Fsp3) is 0.278. The molecule has 3 rings (SSSR count). The molecule has 132 valence electrons. The van der Waals surface area contributed by atoms with E-state index in [-0.39, 0.29) is 16.8 Å². The van der Waals surface area contributed by atoms with Gasteiger partial charge in [0.15, 0.2) is 0 Å². The van der Waals surface area contributed by atoms with Crippen molar-refractivity contribution in [2.75, 3.05) is 12.4 Å². The zero-order valence-electron chi connectivity index (χ0n) is 14.1. The first-order valence-electron chi connectivity index (χ1n) is 7.96. The van der Waals surface area contributed by atoms with Gasteiger partial charge in [-0.15, -0.1) is 0 Å². The van der Waals surface area contributed by atoms with Gasteiger partial charge < -0.3 is 10.1 Å². The van der Waals surface area contributed by atoms with Gasteiger partial charge in [-0.1, -0.05) is 24.3 Å². The van der Waals surface area contributed by atoms with Crippen LogP contribution < -0.4 is 14.8 Å². The first-order valence-corrected chi connectivity index (χ1v) is 9.45. The lowest BCUT2D eigenvalue weighted by Crippen LogP contribution is -2.27. The number of carbonyl (C=O) groups is 1. The predicted molar refractivity (Wildman–Crippen MR) is 95.1 cm³/mol. The number of anilines is 1. The second-order valence-corrected chi connectivity index (χ2v) is 7.67. The van der Waals surface area contributed by atoms with Crippen LogP contribution in [0.4, 0.5) is 5.69 Å². The number of methoxy groups -OCH3 is 1. The summed E-state index contributed by atoms with van der Waals surface area (Å²) >= 11 is 0. The van der Waals surface area contributed by atoms with Gasteiger partial charge >= 0.3 is 0 Å². The maximum absolute atomic E-state index is 12.8. The Kier molecular flexibility index (Phi) is 4.78. The highest BCUT2D eigenvalue weighted by atomic mass is 32.2. The van der Waals surface area contributed by atoms with E-state index < -0.39 is 10.0 Å². The number of carbonyl (C=O) groups excluding carboxylic acids is 1. The molecule has 25 heavy (non-hydrogen) atoms. The van der Waals surface area contributed by atoms with Crippen molar-refractivity contribution in [2.45, 2.75) is 30.7 Å². The highest BCUT2D eigenvalue weighted by Crippen LogP contribution is 2.33. The molecule has 1 aliphatic carbocycles. The topological polar surface area (TPSA) is 84.5 Å². The minimum absolute atomic E-state index is 0.0847. The van der Waals surface area contributed by atoms with E-state index in [1.54, 1.807) is 0 Å². The van der Waals surface area contributed by atoms with E-state index in [2.05, 4.69) is 10.0 Å². The Labute approximate surface area is 147 Å². The molecule has 1 atom stereocenters. The molecule has 2 aromatic carbocycles. The van der Waals surface area contributed by atoms with E-state index in [4.69, 9.17) is 4.74 Å². The number of aryl methyl sites for hydroxylation is 1. The van der Waals surface area contributed by atoms with Gasteiger partial charge in [-0.3, -0.25) is 4.79 Å². The number of benzene rings is 2. The Bertz CT molecular complexity index is 909. The zero-order valence-corrected chi connectivity index (χ0v) is 14.9. The van der Waals surface area contributed by atoms with Crippen molar-refractivity contribution < 1.29 is 17.9 Å². The van der Waals surface area contributed by atoms with Crippen molar-refractivity contribution >= 4 is 21.6 Å². The summed E-state index contributed by atoms with van der Waals surface area (Å²) in [6, 6.07) is 12.0. The summed E-state index contributed by atoms with van der Waals surface area (Å²) in [4.78, 5) is 11.4. The average Bonchev–Trinajstić information content (AvgIpc) is 2.97. The molecule has 0 heterocycles. The first kappa shape index (κ1) is 17.4. The van der Waals surface area contributed by atoms with Crippen LogP contribution in [0.5, 0.6) is 5.75 Å². The maximum Gasteiger partial charge on any atom is 0.241 e. The third kappa shape index (κ3) is 3.67. The third-order valence-corrected chi connectivity index (χ3v) is 5.69. The number of hydrogen-bond donors (Lipinski definition) is 2. The number of rotatable bonds is 5. The Morgan fingerprint density at radius 3 is 2.68 bits per heavy atom. The van der Waals surface area contributed by atoms with E-state index in [0.29, 0.717) is 11.4 Å². The van der Waals surface area contributed by atoms with Crippen LogP contribution in [0, 0.1) is 0 Å². The first-order chi connectivity index (χ1) is 11.9. The van der Waals surface area contributed by atoms with E-state index in [0.717, 1.165) is 18.4 Å². The molecule has 6 nitrogen and oxygen atoms in total. The lowest BCUT2D eigenvalue weighted by Gasteiger charge is -2.16. The van der Waals surface area contributed by atoms with Crippen molar-refractivity contribution in [1.29, 1.82) is 0 Å². The third-order valence-electron chi connectivity index (χ3n) is 4.22. The quantitative estimate of drug-likeness (QED) is 0.858. The van der Waals surface area contributed by atoms with Crippen molar-refractivity contribution in [2.24, 2.45) is 0 Å². The van der Waals surface area contributed by atoms with Gasteiger partial charge in [0.2, 0.25) is 15.9 Å². The molecule has 0 unspecified atom stereocenters. The smallest absolute Gasteiger partial charge is 0.241 e. The zero-order chi connectivity index (χ0) is 18.0. The molecule has 7 heteroatoms. The van der Waals surface area contributed by atoms with Crippen LogP contribution >= 0.6 is 0 Å². The van der Waals surface area contributed by atoms with Gasteiger partial charge in [0, 0.05) is 13.0 Å². The standard InChI is InChI=1S/C18H20N2O4S/c1-12(21)19-17-11-14(8-10-18(17)24-2)25(22,23)20-16-9-7-13-5-3-4-6-15(13)16/h3-6,8,10-11,16,20H,7,9H2,1-2H3,(H,19,21)/t16-/m1/s1. The van der Waals surface area contributed by atoms with Crippen LogP contribution in [0.15, 0.2) is 47.4 Å². The summed E-state index contributed by atoms with van der Waals surface area (Å²) in [6.45, 7) is 1.36. The second-order valence-electron chi connectivity index (χ2n) is 5.95. The Hall–Kier alpha value is -2.38. The molecule has 0 saturated heterocycles. The summed E-state index contributed by atoms with van der Waals surface area (Å²) in [6.07, 6.45) is 1.58. The molecule has 2 N–H and O–H groups in total. The molecule has 2 aromatic rings. The number of fused-ring (bicyclic) bond motifs is 1. The Balaban J connectivity index is 1.89. The number of nitrogens with one attached hydrogen (secondary N) is 2. The molecule has 1 aliphatic rings. The molecule has 0 aliphatic heterocycles. The average molecular weight is 360 g/mol. The summed E-state index contributed by atoms with van der Waals surface area (Å²) in [5.74, 6) is 0.103. The number of hydrogen-bond acceptors (Lipinski definition) is 4. The highest BCUT2D eigenvalue weighted by molar-refractivity contribution is 7.89. The summed E-state index contributed by atoms with van der Waals surface area (Å²) in [5.41, 5.74) is 2.51. The van der Waals surface area contributed by atoms with Crippen LogP contribution in [-0.4, -0.2) is 21.4 Å². The van der Waals surface area contributed by atoms with Gasteiger partial charge in [-0.2, -0.15) is 0 Å². The molecule has 0 fully saturated rings. The van der Waals surface area contributed by atoms with Crippen molar-refractivity contribution in [1.82, 2.24) is 4.72 Å². The van der Waals surface area contributed by atoms with E-state index in [9.17, 15) is 13.2 Å². The van der Waals surface area contributed by atoms with Crippen LogP contribution in [0.1, 0.15) is 30.5 Å². The normalized spacial score (nSPS) is 16.3. The summed E-state index contributed by atoms with van der Waals surface area (Å²) < 4.78 is 33.5. The number of ether oxygens (including phenoxy) is 1. The SMILES string of the molecule is COc1ccc(S(=O)(=O)N[C@@H]2CCc3ccccc32)cc1NC(C)=O. The lowest BCUT2D eigenvalue weighted by atomic mass is 10.1. The van der Waals surface area contributed by atoms with Crippen LogP contribution in [0.3, 0.4) is 0 Å². The van der Waals surface area contributed by atoms with Crippen molar-refractivity contribution in [3.8, 4) is 5.75 Å². The maximum atomic E-state index is 12.8. The van der Waals surface area contributed by atoms with E-state index in [1.807, 2.05) is 24.3 Å². The number of amides is 1. The fourth-order valence-electron chi connectivity index (χ4n) is 3.08. The largest absolute Gasteiger partial charge is 0.495 e. The Morgan fingerprint density at radius 1 is 1.20 bits per heavy atom. The van der Waals surface area contributed by atoms with E-state index >= 15 is 0 Å². The minimum Gasteiger partial charge on any atom is -0.495 e. The molecular formula is C18H20N2O4S. The molecule has 0 radical (unpaired) electrons. The number of sulfonamides is 1. The molecule has 0 saturated carbocycles. The summed E-state index contributed by atoms with van der Waals surface area (Å²) in [5, 5.41) is 2.59. The van der Waals surface area contributed by atoms with Gasteiger partial charge in [-0.05, 0) is 42.2 Å². The van der Waals surface area contributed by atoms with Crippen molar-refractivity contribution in [3.05, 3.63) is 53.6 Å². The van der Waals surface area contributed by atoms with Gasteiger partial charge in [-0.25, -0.2) is 13.1 Å². The monoisotopic (exact) mass is 360 g/mol. The Morgan fingerprint density at radius 2 is 1.96 bits per heavy atom. The lowest BCUT2D eigenvalue weighted by molar-refractivity contribution is -0.114. The van der Waals surface area contributed by atoms with Crippen molar-refractivity contribution in [3.63, 3.8) is 0 Å². The molecule has 0 spiro atoms. The van der Waals surface area contributed by atoms with Crippen LogP contribution in [0.25, 0.3) is 0 Å². The van der Waals surface area contributed by atoms with E-state index in [1.165, 1.54) is 37.8 Å². The second kappa shape index (κ2) is 6.85.